The maximum Gasteiger partial charge on any atom is 0.218 e. The van der Waals surface area contributed by atoms with Gasteiger partial charge in [-0.3, -0.25) is 9.59 Å². The van der Waals surface area contributed by atoms with Gasteiger partial charge in [0.25, 0.3) is 0 Å². The van der Waals surface area contributed by atoms with Crippen LogP contribution in [-0.2, 0) is 4.79 Å². The summed E-state index contributed by atoms with van der Waals surface area (Å²) >= 11 is 0. The van der Waals surface area contributed by atoms with E-state index in [1.54, 1.807) is 19.1 Å². The van der Waals surface area contributed by atoms with Crippen LogP contribution in [0.25, 0.3) is 0 Å². The van der Waals surface area contributed by atoms with Crippen LogP contribution in [-0.4, -0.2) is 24.8 Å². The van der Waals surface area contributed by atoms with E-state index in [9.17, 15) is 14.0 Å². The van der Waals surface area contributed by atoms with Crippen molar-refractivity contribution in [1.29, 1.82) is 0 Å². The molecule has 0 heterocycles. The third kappa shape index (κ3) is 4.79. The number of primary amides is 1. The van der Waals surface area contributed by atoms with Crippen molar-refractivity contribution in [3.63, 3.8) is 0 Å². The molecular formula is C22H24F2N2O3. The molecule has 0 aliphatic heterocycles. The minimum absolute atomic E-state index is 0.0392. The van der Waals surface area contributed by atoms with Crippen LogP contribution >= 0.6 is 0 Å². The van der Waals surface area contributed by atoms with E-state index in [0.717, 1.165) is 18.9 Å². The number of carbonyl (C=O) groups is 2. The lowest BCUT2D eigenvalue weighted by Crippen LogP contribution is -2.35. The molecule has 0 saturated heterocycles. The van der Waals surface area contributed by atoms with Crippen molar-refractivity contribution in [2.75, 3.05) is 7.11 Å². The summed E-state index contributed by atoms with van der Waals surface area (Å²) in [4.78, 5) is 24.2. The topological polar surface area (TPSA) is 81.4 Å². The molecule has 1 aliphatic carbocycles. The molecule has 1 aliphatic rings. The quantitative estimate of drug-likeness (QED) is 0.629. The Bertz CT molecular complexity index is 928. The first-order valence-electron chi connectivity index (χ1n) is 9.52. The lowest BCUT2D eigenvalue weighted by molar-refractivity contribution is -0.118. The summed E-state index contributed by atoms with van der Waals surface area (Å²) in [7, 11) is 1.35. The average molecular weight is 402 g/mol. The Hall–Kier alpha value is -2.80. The van der Waals surface area contributed by atoms with E-state index in [-0.39, 0.29) is 41.3 Å². The molecule has 0 bridgehead atoms. The molecule has 154 valence electrons. The maximum absolute atomic E-state index is 15.6. The third-order valence-corrected chi connectivity index (χ3v) is 5.07. The fourth-order valence-electron chi connectivity index (χ4n) is 3.55. The van der Waals surface area contributed by atoms with E-state index in [0.29, 0.717) is 5.56 Å². The zero-order valence-corrected chi connectivity index (χ0v) is 16.4. The number of halogens is 2. The van der Waals surface area contributed by atoms with Crippen molar-refractivity contribution < 1.29 is 23.1 Å². The number of hydrogen-bond acceptors (Lipinski definition) is 4. The molecule has 2 aromatic rings. The number of nitrogens with one attached hydrogen (secondary N) is 1. The zero-order valence-electron chi connectivity index (χ0n) is 16.4. The molecule has 1 fully saturated rings. The minimum Gasteiger partial charge on any atom is -0.496 e. The van der Waals surface area contributed by atoms with E-state index in [2.05, 4.69) is 5.32 Å². The number of nitrogens with two attached hydrogens (primary N) is 1. The van der Waals surface area contributed by atoms with Gasteiger partial charge >= 0.3 is 0 Å². The number of methoxy groups -OCH3 is 1. The molecule has 0 aromatic heterocycles. The molecule has 7 heteroatoms. The number of rotatable bonds is 9. The van der Waals surface area contributed by atoms with Crippen LogP contribution in [0.2, 0.25) is 0 Å². The Morgan fingerprint density at radius 2 is 1.97 bits per heavy atom. The van der Waals surface area contributed by atoms with Crippen LogP contribution in [0.3, 0.4) is 0 Å². The Balaban J connectivity index is 2.01. The van der Waals surface area contributed by atoms with E-state index in [4.69, 9.17) is 10.5 Å². The molecule has 5 nitrogen and oxygen atoms in total. The number of benzene rings is 2. The van der Waals surface area contributed by atoms with Crippen molar-refractivity contribution >= 4 is 11.7 Å². The smallest absolute Gasteiger partial charge is 0.218 e. The van der Waals surface area contributed by atoms with Gasteiger partial charge in [0.1, 0.15) is 22.9 Å². The zero-order chi connectivity index (χ0) is 21.1. The highest BCUT2D eigenvalue weighted by Gasteiger charge is 2.36. The van der Waals surface area contributed by atoms with E-state index in [1.807, 2.05) is 0 Å². The molecule has 3 rings (SSSR count). The largest absolute Gasteiger partial charge is 0.496 e. The SMILES string of the molecule is COc1ccc(C(NC(C)CC(N)=O)C2CC2)c(F)c1C(=O)c1cccc(F)c1. The fraction of sp³-hybridized carbons (Fsp3) is 0.364. The predicted octanol–water partition coefficient (Wildman–Crippen LogP) is 3.51. The van der Waals surface area contributed by atoms with Crippen molar-refractivity contribution in [3.8, 4) is 5.75 Å². The summed E-state index contributed by atoms with van der Waals surface area (Å²) in [6.07, 6.45) is 1.95. The maximum atomic E-state index is 15.6. The monoisotopic (exact) mass is 402 g/mol. The molecule has 2 aromatic carbocycles. The van der Waals surface area contributed by atoms with Gasteiger partial charge in [-0.1, -0.05) is 18.2 Å². The van der Waals surface area contributed by atoms with Crippen LogP contribution in [0.15, 0.2) is 36.4 Å². The molecule has 29 heavy (non-hydrogen) atoms. The summed E-state index contributed by atoms with van der Waals surface area (Å²) in [5.74, 6) is -2.10. The standard InChI is InChI=1S/C22H24F2N2O3/c1-12(10-18(25)27)26-21(13-6-7-13)16-8-9-17(29-2)19(20(16)24)22(28)14-4-3-5-15(23)11-14/h3-5,8-9,11-13,21,26H,6-7,10H2,1-2H3,(H2,25,27). The highest BCUT2D eigenvalue weighted by molar-refractivity contribution is 6.11. The molecule has 2 unspecified atom stereocenters. The Kier molecular flexibility index (Phi) is 6.27. The molecule has 0 radical (unpaired) electrons. The summed E-state index contributed by atoms with van der Waals surface area (Å²) in [6, 6.07) is 7.63. The van der Waals surface area contributed by atoms with Gasteiger partial charge in [-0.05, 0) is 43.9 Å². The second-order valence-corrected chi connectivity index (χ2v) is 7.44. The van der Waals surface area contributed by atoms with Crippen LogP contribution in [0.1, 0.15) is 53.7 Å². The lowest BCUT2D eigenvalue weighted by atomic mass is 9.94. The number of ketones is 1. The minimum atomic E-state index is -0.700. The molecule has 3 N–H and O–H groups in total. The Labute approximate surface area is 168 Å². The van der Waals surface area contributed by atoms with Gasteiger partial charge in [0, 0.05) is 29.6 Å². The molecule has 2 atom stereocenters. The van der Waals surface area contributed by atoms with Crippen LogP contribution in [0.5, 0.6) is 5.75 Å². The Morgan fingerprint density at radius 1 is 1.24 bits per heavy atom. The Morgan fingerprint density at radius 3 is 2.55 bits per heavy atom. The van der Waals surface area contributed by atoms with Gasteiger partial charge < -0.3 is 15.8 Å². The molecular weight excluding hydrogens is 378 g/mol. The van der Waals surface area contributed by atoms with Gasteiger partial charge in [0.05, 0.1) is 7.11 Å². The van der Waals surface area contributed by atoms with Crippen molar-refractivity contribution in [3.05, 3.63) is 64.7 Å². The fourth-order valence-corrected chi connectivity index (χ4v) is 3.55. The van der Waals surface area contributed by atoms with Gasteiger partial charge in [0.15, 0.2) is 5.78 Å². The first kappa shape index (κ1) is 20.9. The van der Waals surface area contributed by atoms with Crippen LogP contribution in [0, 0.1) is 17.6 Å². The third-order valence-electron chi connectivity index (χ3n) is 5.07. The van der Waals surface area contributed by atoms with Crippen molar-refractivity contribution in [2.24, 2.45) is 11.7 Å². The van der Waals surface area contributed by atoms with Crippen LogP contribution < -0.4 is 15.8 Å². The van der Waals surface area contributed by atoms with E-state index in [1.165, 1.54) is 25.3 Å². The predicted molar refractivity (Wildman–Crippen MR) is 105 cm³/mol. The van der Waals surface area contributed by atoms with Gasteiger partial charge in [-0.15, -0.1) is 0 Å². The lowest BCUT2D eigenvalue weighted by Gasteiger charge is -2.25. The average Bonchev–Trinajstić information content (AvgIpc) is 3.50. The van der Waals surface area contributed by atoms with Gasteiger partial charge in [-0.25, -0.2) is 8.78 Å². The number of amides is 1. The second-order valence-electron chi connectivity index (χ2n) is 7.44. The van der Waals surface area contributed by atoms with E-state index < -0.39 is 23.3 Å². The number of ether oxygens (including phenoxy) is 1. The van der Waals surface area contributed by atoms with Crippen molar-refractivity contribution in [1.82, 2.24) is 5.32 Å². The number of hydrogen-bond donors (Lipinski definition) is 2. The van der Waals surface area contributed by atoms with E-state index >= 15 is 4.39 Å². The summed E-state index contributed by atoms with van der Waals surface area (Å²) in [6.45, 7) is 1.81. The molecule has 0 spiro atoms. The van der Waals surface area contributed by atoms with Crippen molar-refractivity contribution in [2.45, 2.75) is 38.3 Å². The van der Waals surface area contributed by atoms with Gasteiger partial charge in [-0.2, -0.15) is 0 Å². The normalized spacial score (nSPS) is 15.6. The number of carbonyl (C=O) groups excluding carboxylic acids is 2. The van der Waals surface area contributed by atoms with Crippen LogP contribution in [0.4, 0.5) is 8.78 Å². The highest BCUT2D eigenvalue weighted by Crippen LogP contribution is 2.43. The molecule has 1 amide bonds. The summed E-state index contributed by atoms with van der Waals surface area (Å²) in [5, 5.41) is 3.27. The first-order valence-corrected chi connectivity index (χ1v) is 9.52. The summed E-state index contributed by atoms with van der Waals surface area (Å²) in [5.41, 5.74) is 5.39. The highest BCUT2D eigenvalue weighted by atomic mass is 19.1. The summed E-state index contributed by atoms with van der Waals surface area (Å²) < 4.78 is 34.4. The second kappa shape index (κ2) is 8.69. The molecule has 1 saturated carbocycles. The first-order chi connectivity index (χ1) is 13.8. The van der Waals surface area contributed by atoms with Gasteiger partial charge in [0.2, 0.25) is 5.91 Å².